The molecular formula is C12H5ClF4N2O3. The van der Waals surface area contributed by atoms with Gasteiger partial charge < -0.3 is 4.74 Å². The summed E-state index contributed by atoms with van der Waals surface area (Å²) in [6, 6.07) is 2.75. The van der Waals surface area contributed by atoms with Crippen molar-refractivity contribution < 1.29 is 27.2 Å². The largest absolute Gasteiger partial charge is 0.434 e. The molecule has 0 aliphatic rings. The van der Waals surface area contributed by atoms with Crippen molar-refractivity contribution in [2.45, 2.75) is 6.18 Å². The Hall–Kier alpha value is -2.42. The van der Waals surface area contributed by atoms with Gasteiger partial charge in [-0.1, -0.05) is 11.6 Å². The van der Waals surface area contributed by atoms with Crippen LogP contribution in [0.1, 0.15) is 5.56 Å². The average Bonchev–Trinajstić information content (AvgIpc) is 2.41. The molecule has 0 atom stereocenters. The lowest BCUT2D eigenvalue weighted by Gasteiger charge is -2.10. The number of alkyl halides is 3. The topological polar surface area (TPSA) is 65.3 Å². The lowest BCUT2D eigenvalue weighted by Crippen LogP contribution is -2.08. The Morgan fingerprint density at radius 3 is 2.55 bits per heavy atom. The summed E-state index contributed by atoms with van der Waals surface area (Å²) < 4.78 is 55.9. The summed E-state index contributed by atoms with van der Waals surface area (Å²) in [4.78, 5) is 13.5. The van der Waals surface area contributed by atoms with Gasteiger partial charge >= 0.3 is 11.9 Å². The van der Waals surface area contributed by atoms with Gasteiger partial charge in [0.25, 0.3) is 5.88 Å². The number of rotatable bonds is 3. The Morgan fingerprint density at radius 2 is 1.95 bits per heavy atom. The van der Waals surface area contributed by atoms with Crippen molar-refractivity contribution in [3.05, 3.63) is 57.0 Å². The van der Waals surface area contributed by atoms with E-state index < -0.39 is 39.8 Å². The van der Waals surface area contributed by atoms with Crippen molar-refractivity contribution in [3.8, 4) is 11.6 Å². The third-order valence-electron chi connectivity index (χ3n) is 2.45. The summed E-state index contributed by atoms with van der Waals surface area (Å²) in [5.74, 6) is -2.50. The van der Waals surface area contributed by atoms with Crippen molar-refractivity contribution in [3.63, 3.8) is 0 Å². The van der Waals surface area contributed by atoms with Crippen LogP contribution in [0.15, 0.2) is 30.5 Å². The van der Waals surface area contributed by atoms with Gasteiger partial charge in [0.2, 0.25) is 0 Å². The van der Waals surface area contributed by atoms with Crippen LogP contribution in [0, 0.1) is 15.9 Å². The zero-order chi connectivity index (χ0) is 16.5. The number of pyridine rings is 1. The van der Waals surface area contributed by atoms with Gasteiger partial charge in [-0.3, -0.25) is 10.1 Å². The number of benzene rings is 1. The Bertz CT molecular complexity index is 737. The second kappa shape index (κ2) is 5.76. The summed E-state index contributed by atoms with van der Waals surface area (Å²) in [7, 11) is 0. The van der Waals surface area contributed by atoms with E-state index in [0.717, 1.165) is 18.3 Å². The second-order valence-electron chi connectivity index (χ2n) is 3.98. The molecule has 0 N–H and O–H groups in total. The molecule has 2 aromatic rings. The second-order valence-corrected chi connectivity index (χ2v) is 4.41. The van der Waals surface area contributed by atoms with E-state index in [1.54, 1.807) is 0 Å². The Labute approximate surface area is 125 Å². The van der Waals surface area contributed by atoms with E-state index >= 15 is 0 Å². The predicted octanol–water partition coefficient (Wildman–Crippen LogP) is 4.59. The number of nitro groups is 1. The summed E-state index contributed by atoms with van der Waals surface area (Å²) in [6.45, 7) is 0. The number of aromatic nitrogens is 1. The third-order valence-corrected chi connectivity index (χ3v) is 2.66. The standard InChI is InChI=1S/C12H5ClF4N2O3/c13-6-3-10(19(20)21)11(18-5-6)22-7-1-2-9(14)8(4-7)12(15,16)17/h1-5H. The van der Waals surface area contributed by atoms with Gasteiger partial charge in [0.05, 0.1) is 21.7 Å². The molecule has 0 amide bonds. The first kappa shape index (κ1) is 16.0. The quantitative estimate of drug-likeness (QED) is 0.467. The first-order valence-electron chi connectivity index (χ1n) is 5.53. The third kappa shape index (κ3) is 3.42. The first-order valence-corrected chi connectivity index (χ1v) is 5.91. The fraction of sp³-hybridized carbons (Fsp3) is 0.0833. The van der Waals surface area contributed by atoms with Gasteiger partial charge in [-0.2, -0.15) is 13.2 Å². The maximum Gasteiger partial charge on any atom is 0.419 e. The molecule has 10 heteroatoms. The highest BCUT2D eigenvalue weighted by Gasteiger charge is 2.34. The van der Waals surface area contributed by atoms with Crippen LogP contribution in [-0.2, 0) is 6.18 Å². The van der Waals surface area contributed by atoms with Gasteiger partial charge in [-0.05, 0) is 18.2 Å². The molecule has 5 nitrogen and oxygen atoms in total. The molecule has 0 radical (unpaired) electrons. The number of hydrogen-bond acceptors (Lipinski definition) is 4. The highest BCUT2D eigenvalue weighted by molar-refractivity contribution is 6.30. The van der Waals surface area contributed by atoms with Crippen molar-refractivity contribution in [2.75, 3.05) is 0 Å². The van der Waals surface area contributed by atoms with Gasteiger partial charge in [-0.15, -0.1) is 0 Å². The molecule has 0 fully saturated rings. The van der Waals surface area contributed by atoms with Crippen LogP contribution >= 0.6 is 11.6 Å². The summed E-state index contributed by atoms with van der Waals surface area (Å²) in [5.41, 5.74) is -2.19. The van der Waals surface area contributed by atoms with Crippen LogP contribution in [0.25, 0.3) is 0 Å². The SMILES string of the molecule is O=[N+]([O-])c1cc(Cl)cnc1Oc1ccc(F)c(C(F)(F)F)c1. The minimum absolute atomic E-state index is 0.0471. The Kier molecular flexibility index (Phi) is 4.18. The summed E-state index contributed by atoms with van der Waals surface area (Å²) in [5, 5.41) is 10.8. The first-order chi connectivity index (χ1) is 10.2. The van der Waals surface area contributed by atoms with Crippen LogP contribution in [0.2, 0.25) is 5.02 Å². The molecule has 1 aromatic heterocycles. The van der Waals surface area contributed by atoms with Crippen molar-refractivity contribution >= 4 is 17.3 Å². The monoisotopic (exact) mass is 336 g/mol. The van der Waals surface area contributed by atoms with E-state index in [4.69, 9.17) is 16.3 Å². The van der Waals surface area contributed by atoms with Crippen LogP contribution in [-0.4, -0.2) is 9.91 Å². The highest BCUT2D eigenvalue weighted by atomic mass is 35.5. The van der Waals surface area contributed by atoms with Crippen molar-refractivity contribution in [2.24, 2.45) is 0 Å². The van der Waals surface area contributed by atoms with E-state index in [1.807, 2.05) is 0 Å². The maximum absolute atomic E-state index is 13.1. The van der Waals surface area contributed by atoms with Gasteiger partial charge in [-0.25, -0.2) is 9.37 Å². The molecule has 0 spiro atoms. The van der Waals surface area contributed by atoms with E-state index in [-0.39, 0.29) is 5.02 Å². The summed E-state index contributed by atoms with van der Waals surface area (Å²) in [6.07, 6.45) is -3.90. The fourth-order valence-electron chi connectivity index (χ4n) is 1.52. The Morgan fingerprint density at radius 1 is 1.27 bits per heavy atom. The van der Waals surface area contributed by atoms with Gasteiger partial charge in [0.15, 0.2) is 0 Å². The molecule has 0 aliphatic heterocycles. The number of halogens is 5. The zero-order valence-electron chi connectivity index (χ0n) is 10.4. The number of nitrogens with zero attached hydrogens (tertiary/aromatic N) is 2. The minimum Gasteiger partial charge on any atom is -0.434 e. The van der Waals surface area contributed by atoms with Crippen molar-refractivity contribution in [1.82, 2.24) is 4.98 Å². The molecule has 2 rings (SSSR count). The molecule has 0 saturated carbocycles. The number of ether oxygens (including phenoxy) is 1. The molecule has 0 bridgehead atoms. The van der Waals surface area contributed by atoms with E-state index in [1.165, 1.54) is 0 Å². The molecule has 116 valence electrons. The molecule has 0 aliphatic carbocycles. The van der Waals surface area contributed by atoms with E-state index in [9.17, 15) is 27.7 Å². The van der Waals surface area contributed by atoms with Crippen LogP contribution in [0.4, 0.5) is 23.2 Å². The van der Waals surface area contributed by atoms with E-state index in [0.29, 0.717) is 12.1 Å². The molecule has 1 heterocycles. The average molecular weight is 337 g/mol. The zero-order valence-corrected chi connectivity index (χ0v) is 11.2. The molecule has 1 aromatic carbocycles. The predicted molar refractivity (Wildman–Crippen MR) is 67.4 cm³/mol. The molecule has 22 heavy (non-hydrogen) atoms. The molecule has 0 unspecified atom stereocenters. The minimum atomic E-state index is -4.93. The van der Waals surface area contributed by atoms with Crippen molar-refractivity contribution in [1.29, 1.82) is 0 Å². The molecular weight excluding hydrogens is 332 g/mol. The maximum atomic E-state index is 13.1. The smallest absolute Gasteiger partial charge is 0.419 e. The fourth-order valence-corrected chi connectivity index (χ4v) is 1.67. The summed E-state index contributed by atoms with van der Waals surface area (Å²) >= 11 is 5.55. The number of hydrogen-bond donors (Lipinski definition) is 0. The van der Waals surface area contributed by atoms with Gasteiger partial charge in [0.1, 0.15) is 11.6 Å². The lowest BCUT2D eigenvalue weighted by atomic mass is 10.2. The molecule has 0 saturated heterocycles. The van der Waals surface area contributed by atoms with Crippen LogP contribution in [0.3, 0.4) is 0 Å². The Balaban J connectivity index is 2.42. The normalized spacial score (nSPS) is 11.3. The van der Waals surface area contributed by atoms with Crippen LogP contribution in [0.5, 0.6) is 11.6 Å². The van der Waals surface area contributed by atoms with E-state index in [2.05, 4.69) is 4.98 Å². The highest BCUT2D eigenvalue weighted by Crippen LogP contribution is 2.36. The lowest BCUT2D eigenvalue weighted by molar-refractivity contribution is -0.386. The van der Waals surface area contributed by atoms with Gasteiger partial charge in [0, 0.05) is 6.07 Å². The van der Waals surface area contributed by atoms with Crippen LogP contribution < -0.4 is 4.74 Å².